The van der Waals surface area contributed by atoms with Crippen LogP contribution in [0, 0.1) is 0 Å². The van der Waals surface area contributed by atoms with Gasteiger partial charge in [0.2, 0.25) is 5.91 Å². The zero-order chi connectivity index (χ0) is 13.7. The Kier molecular flexibility index (Phi) is 4.53. The highest BCUT2D eigenvalue weighted by Gasteiger charge is 2.15. The first-order valence-corrected chi connectivity index (χ1v) is 5.53. The van der Waals surface area contributed by atoms with Crippen molar-refractivity contribution in [1.29, 1.82) is 0 Å². The molecule has 0 aromatic heterocycles. The first-order chi connectivity index (χ1) is 8.49. The third-order valence-electron chi connectivity index (χ3n) is 2.56. The van der Waals surface area contributed by atoms with E-state index >= 15 is 0 Å². The number of hydrogen-bond acceptors (Lipinski definition) is 4. The van der Waals surface area contributed by atoms with E-state index in [2.05, 4.69) is 10.6 Å². The summed E-state index contributed by atoms with van der Waals surface area (Å²) in [4.78, 5) is 24.8. The summed E-state index contributed by atoms with van der Waals surface area (Å²) in [5.74, 6) is -0.350. The van der Waals surface area contributed by atoms with Crippen molar-refractivity contribution in [2.75, 3.05) is 38.3 Å². The fourth-order valence-electron chi connectivity index (χ4n) is 1.57. The van der Waals surface area contributed by atoms with Gasteiger partial charge in [-0.05, 0) is 18.2 Å². The van der Waals surface area contributed by atoms with Crippen molar-refractivity contribution < 1.29 is 9.59 Å². The topological polar surface area (TPSA) is 87.5 Å². The Morgan fingerprint density at radius 3 is 2.50 bits per heavy atom. The van der Waals surface area contributed by atoms with Gasteiger partial charge in [0.05, 0.1) is 17.8 Å². The fraction of sp³-hybridized carbons (Fsp3) is 0.333. The first kappa shape index (κ1) is 13.8. The maximum Gasteiger partial charge on any atom is 0.253 e. The monoisotopic (exact) mass is 250 g/mol. The molecule has 4 N–H and O–H groups in total. The van der Waals surface area contributed by atoms with E-state index in [1.54, 1.807) is 44.2 Å². The van der Waals surface area contributed by atoms with Crippen LogP contribution in [0.1, 0.15) is 10.4 Å². The Morgan fingerprint density at radius 2 is 1.94 bits per heavy atom. The molecule has 0 heterocycles. The molecule has 0 spiro atoms. The van der Waals surface area contributed by atoms with E-state index in [-0.39, 0.29) is 18.4 Å². The second-order valence-corrected chi connectivity index (χ2v) is 3.88. The second kappa shape index (κ2) is 5.90. The van der Waals surface area contributed by atoms with E-state index in [1.807, 2.05) is 0 Å². The zero-order valence-corrected chi connectivity index (χ0v) is 10.8. The quantitative estimate of drug-likeness (QED) is 0.646. The third-order valence-corrected chi connectivity index (χ3v) is 2.56. The predicted molar refractivity (Wildman–Crippen MR) is 71.6 cm³/mol. The molecular formula is C12H18N4O2. The molecule has 0 atom stereocenters. The van der Waals surface area contributed by atoms with Gasteiger partial charge in [0.1, 0.15) is 0 Å². The molecule has 1 aromatic rings. The Bertz CT molecular complexity index is 459. The largest absolute Gasteiger partial charge is 0.399 e. The molecule has 0 unspecified atom stereocenters. The summed E-state index contributed by atoms with van der Waals surface area (Å²) in [7, 11) is 4.85. The van der Waals surface area contributed by atoms with E-state index in [4.69, 9.17) is 5.73 Å². The molecular weight excluding hydrogens is 232 g/mol. The second-order valence-electron chi connectivity index (χ2n) is 3.88. The maximum atomic E-state index is 11.7. The Balaban J connectivity index is 3.08. The average Bonchev–Trinajstić information content (AvgIpc) is 2.37. The number of nitrogens with zero attached hydrogens (tertiary/aromatic N) is 1. The molecule has 98 valence electrons. The van der Waals surface area contributed by atoms with E-state index in [0.717, 1.165) is 0 Å². The molecule has 6 heteroatoms. The summed E-state index contributed by atoms with van der Waals surface area (Å²) in [5, 5.41) is 5.09. The highest BCUT2D eigenvalue weighted by Crippen LogP contribution is 2.22. The normalized spacial score (nSPS) is 9.72. The van der Waals surface area contributed by atoms with Crippen LogP contribution in [0.3, 0.4) is 0 Å². The molecule has 1 aromatic carbocycles. The van der Waals surface area contributed by atoms with Gasteiger partial charge in [-0.1, -0.05) is 0 Å². The van der Waals surface area contributed by atoms with Gasteiger partial charge in [-0.2, -0.15) is 0 Å². The molecule has 0 fully saturated rings. The van der Waals surface area contributed by atoms with Crippen molar-refractivity contribution in [1.82, 2.24) is 10.6 Å². The lowest BCUT2D eigenvalue weighted by atomic mass is 10.1. The number of nitrogens with two attached hydrogens (primary N) is 1. The molecule has 6 nitrogen and oxygen atoms in total. The minimum Gasteiger partial charge on any atom is -0.399 e. The lowest BCUT2D eigenvalue weighted by Crippen LogP contribution is -2.34. The molecule has 0 aliphatic heterocycles. The average molecular weight is 250 g/mol. The van der Waals surface area contributed by atoms with Gasteiger partial charge in [-0.25, -0.2) is 0 Å². The van der Waals surface area contributed by atoms with E-state index in [9.17, 15) is 9.59 Å². The molecule has 0 saturated heterocycles. The van der Waals surface area contributed by atoms with Crippen molar-refractivity contribution in [3.63, 3.8) is 0 Å². The summed E-state index contributed by atoms with van der Waals surface area (Å²) < 4.78 is 0. The third kappa shape index (κ3) is 3.13. The van der Waals surface area contributed by atoms with Gasteiger partial charge >= 0.3 is 0 Å². The van der Waals surface area contributed by atoms with Crippen molar-refractivity contribution in [3.8, 4) is 0 Å². The van der Waals surface area contributed by atoms with Crippen LogP contribution in [0.25, 0.3) is 0 Å². The van der Waals surface area contributed by atoms with E-state index < -0.39 is 0 Å². The molecule has 0 aliphatic rings. The van der Waals surface area contributed by atoms with Gasteiger partial charge in [0.15, 0.2) is 0 Å². The number of carbonyl (C=O) groups is 2. The van der Waals surface area contributed by atoms with Crippen LogP contribution in [0.15, 0.2) is 18.2 Å². The number of likely N-dealkylation sites (N-methyl/N-ethyl adjacent to an activating group) is 2. The molecule has 0 radical (unpaired) electrons. The summed E-state index contributed by atoms with van der Waals surface area (Å²) >= 11 is 0. The van der Waals surface area contributed by atoms with Crippen LogP contribution in [-0.4, -0.2) is 39.5 Å². The number of carbonyl (C=O) groups excluding carboxylic acids is 2. The fourth-order valence-corrected chi connectivity index (χ4v) is 1.57. The number of rotatable bonds is 4. The summed E-state index contributed by atoms with van der Waals surface area (Å²) in [6.45, 7) is 0.157. The minimum atomic E-state index is -0.214. The van der Waals surface area contributed by atoms with E-state index in [1.165, 1.54) is 0 Å². The van der Waals surface area contributed by atoms with Crippen LogP contribution in [-0.2, 0) is 4.79 Å². The van der Waals surface area contributed by atoms with Gasteiger partial charge in [0.25, 0.3) is 5.91 Å². The van der Waals surface area contributed by atoms with Crippen molar-refractivity contribution in [2.45, 2.75) is 0 Å². The van der Waals surface area contributed by atoms with Gasteiger partial charge < -0.3 is 21.3 Å². The summed E-state index contributed by atoms with van der Waals surface area (Å²) in [6.07, 6.45) is 0. The molecule has 2 amide bonds. The van der Waals surface area contributed by atoms with Crippen LogP contribution in [0.2, 0.25) is 0 Å². The lowest BCUT2D eigenvalue weighted by Gasteiger charge is -2.21. The molecule has 18 heavy (non-hydrogen) atoms. The van der Waals surface area contributed by atoms with Crippen molar-refractivity contribution in [2.24, 2.45) is 0 Å². The van der Waals surface area contributed by atoms with Crippen LogP contribution < -0.4 is 21.3 Å². The minimum absolute atomic E-state index is 0.136. The maximum absolute atomic E-state index is 11.7. The Labute approximate surface area is 106 Å². The smallest absolute Gasteiger partial charge is 0.253 e. The highest BCUT2D eigenvalue weighted by atomic mass is 16.2. The van der Waals surface area contributed by atoms with Crippen molar-refractivity contribution in [3.05, 3.63) is 23.8 Å². The number of amides is 2. The van der Waals surface area contributed by atoms with Gasteiger partial charge in [-0.3, -0.25) is 9.59 Å². The molecule has 0 aliphatic carbocycles. The molecule has 0 saturated carbocycles. The number of anilines is 2. The number of benzene rings is 1. The van der Waals surface area contributed by atoms with Gasteiger partial charge in [-0.15, -0.1) is 0 Å². The summed E-state index contributed by atoms with van der Waals surface area (Å²) in [5.41, 5.74) is 7.36. The number of nitrogen functional groups attached to an aromatic ring is 1. The predicted octanol–water partition coefficient (Wildman–Crippen LogP) is -0.189. The van der Waals surface area contributed by atoms with Crippen LogP contribution >= 0.6 is 0 Å². The Morgan fingerprint density at radius 1 is 1.28 bits per heavy atom. The van der Waals surface area contributed by atoms with E-state index in [0.29, 0.717) is 16.9 Å². The SMILES string of the molecule is CNC(=O)CN(C)c1cc(N)ccc1C(=O)NC. The first-order valence-electron chi connectivity index (χ1n) is 5.53. The standard InChI is InChI=1S/C12H18N4O2/c1-14-11(17)7-16(3)10-6-8(13)4-5-9(10)12(18)15-2/h4-6H,7,13H2,1-3H3,(H,14,17)(H,15,18). The lowest BCUT2D eigenvalue weighted by molar-refractivity contribution is -0.119. The number of hydrogen-bond donors (Lipinski definition) is 3. The highest BCUT2D eigenvalue weighted by molar-refractivity contribution is 6.00. The van der Waals surface area contributed by atoms with Crippen molar-refractivity contribution >= 4 is 23.2 Å². The van der Waals surface area contributed by atoms with Crippen LogP contribution in [0.4, 0.5) is 11.4 Å². The number of nitrogens with one attached hydrogen (secondary N) is 2. The zero-order valence-electron chi connectivity index (χ0n) is 10.8. The molecule has 1 rings (SSSR count). The Hall–Kier alpha value is -2.24. The summed E-state index contributed by atoms with van der Waals surface area (Å²) in [6, 6.07) is 4.97. The van der Waals surface area contributed by atoms with Gasteiger partial charge in [0, 0.05) is 26.8 Å². The molecule has 0 bridgehead atoms. The van der Waals surface area contributed by atoms with Crippen LogP contribution in [0.5, 0.6) is 0 Å².